The summed E-state index contributed by atoms with van der Waals surface area (Å²) in [6.45, 7) is 1.46. The SMILES string of the molecule is CC(=O)c1cccc(NC(=O)CC2SC(=Nc3ccc(Cl)cc3)NC2=O)c1. The van der Waals surface area contributed by atoms with Crippen LogP contribution >= 0.6 is 23.4 Å². The van der Waals surface area contributed by atoms with E-state index in [2.05, 4.69) is 15.6 Å². The molecule has 2 N–H and O–H groups in total. The molecular weight excluding hydrogens is 386 g/mol. The maximum Gasteiger partial charge on any atom is 0.240 e. The first-order valence-corrected chi connectivity index (χ1v) is 9.39. The molecule has 0 radical (unpaired) electrons. The number of carbonyl (C=O) groups is 3. The average Bonchev–Trinajstić information content (AvgIpc) is 2.96. The Labute approximate surface area is 165 Å². The molecule has 1 aliphatic rings. The minimum absolute atomic E-state index is 0.000433. The van der Waals surface area contributed by atoms with Crippen LogP contribution in [0.15, 0.2) is 53.5 Å². The fourth-order valence-electron chi connectivity index (χ4n) is 2.42. The molecule has 2 aromatic carbocycles. The number of carbonyl (C=O) groups excluding carboxylic acids is 3. The summed E-state index contributed by atoms with van der Waals surface area (Å²) >= 11 is 7.05. The summed E-state index contributed by atoms with van der Waals surface area (Å²) in [4.78, 5) is 40.1. The largest absolute Gasteiger partial charge is 0.326 e. The van der Waals surface area contributed by atoms with Gasteiger partial charge in [0.2, 0.25) is 11.8 Å². The summed E-state index contributed by atoms with van der Waals surface area (Å²) in [5.41, 5.74) is 1.69. The number of nitrogens with zero attached hydrogens (tertiary/aromatic N) is 1. The predicted octanol–water partition coefficient (Wildman–Crippen LogP) is 3.79. The van der Waals surface area contributed by atoms with E-state index in [-0.39, 0.29) is 24.0 Å². The third-order valence-electron chi connectivity index (χ3n) is 3.76. The van der Waals surface area contributed by atoms with Gasteiger partial charge in [-0.25, -0.2) is 4.99 Å². The molecule has 3 rings (SSSR count). The van der Waals surface area contributed by atoms with Crippen LogP contribution in [0.3, 0.4) is 0 Å². The van der Waals surface area contributed by atoms with Gasteiger partial charge < -0.3 is 10.6 Å². The number of nitrogens with one attached hydrogen (secondary N) is 2. The second-order valence-corrected chi connectivity index (χ2v) is 7.51. The lowest BCUT2D eigenvalue weighted by atomic mass is 10.1. The smallest absolute Gasteiger partial charge is 0.240 e. The minimum Gasteiger partial charge on any atom is -0.326 e. The van der Waals surface area contributed by atoms with Crippen LogP contribution in [0.1, 0.15) is 23.7 Å². The van der Waals surface area contributed by atoms with Crippen molar-refractivity contribution in [2.75, 3.05) is 5.32 Å². The lowest BCUT2D eigenvalue weighted by Gasteiger charge is -2.08. The zero-order valence-electron chi connectivity index (χ0n) is 14.4. The molecule has 0 aliphatic carbocycles. The second kappa shape index (κ2) is 8.37. The summed E-state index contributed by atoms with van der Waals surface area (Å²) in [6.07, 6.45) is 0.000433. The van der Waals surface area contributed by atoms with Gasteiger partial charge in [-0.15, -0.1) is 0 Å². The summed E-state index contributed by atoms with van der Waals surface area (Å²) in [5, 5.41) is 5.88. The molecule has 0 spiro atoms. The van der Waals surface area contributed by atoms with Crippen molar-refractivity contribution in [2.24, 2.45) is 4.99 Å². The molecule has 0 bridgehead atoms. The number of thioether (sulfide) groups is 1. The summed E-state index contributed by atoms with van der Waals surface area (Å²) in [6, 6.07) is 13.6. The van der Waals surface area contributed by atoms with Crippen LogP contribution in [0.5, 0.6) is 0 Å². The van der Waals surface area contributed by atoms with E-state index in [1.165, 1.54) is 18.7 Å². The van der Waals surface area contributed by atoms with Gasteiger partial charge in [0.05, 0.1) is 5.69 Å². The molecule has 1 heterocycles. The maximum atomic E-state index is 12.3. The van der Waals surface area contributed by atoms with Gasteiger partial charge in [0.25, 0.3) is 0 Å². The molecule has 27 heavy (non-hydrogen) atoms. The number of benzene rings is 2. The van der Waals surface area contributed by atoms with E-state index in [4.69, 9.17) is 11.6 Å². The minimum atomic E-state index is -0.563. The van der Waals surface area contributed by atoms with Crippen molar-refractivity contribution in [1.29, 1.82) is 0 Å². The van der Waals surface area contributed by atoms with Crippen LogP contribution in [0.25, 0.3) is 0 Å². The molecule has 0 saturated carbocycles. The number of ketones is 1. The van der Waals surface area contributed by atoms with Crippen molar-refractivity contribution in [1.82, 2.24) is 5.32 Å². The van der Waals surface area contributed by atoms with Gasteiger partial charge in [0.15, 0.2) is 11.0 Å². The van der Waals surface area contributed by atoms with Gasteiger partial charge in [-0.05, 0) is 43.3 Å². The standard InChI is InChI=1S/C19H16ClN3O3S/c1-11(24)12-3-2-4-15(9-12)21-17(25)10-16-18(26)23-19(27-16)22-14-7-5-13(20)6-8-14/h2-9,16H,10H2,1H3,(H,21,25)(H,22,23,26). The number of hydrogen-bond acceptors (Lipinski definition) is 5. The number of hydrogen-bond donors (Lipinski definition) is 2. The zero-order valence-corrected chi connectivity index (χ0v) is 15.9. The molecule has 6 nitrogen and oxygen atoms in total. The summed E-state index contributed by atoms with van der Waals surface area (Å²) < 4.78 is 0. The molecule has 0 aromatic heterocycles. The molecule has 1 fully saturated rings. The Hall–Kier alpha value is -2.64. The van der Waals surface area contributed by atoms with Crippen molar-refractivity contribution >= 4 is 57.5 Å². The fourth-order valence-corrected chi connectivity index (χ4v) is 3.54. The topological polar surface area (TPSA) is 87.6 Å². The number of halogens is 1. The number of amidine groups is 1. The highest BCUT2D eigenvalue weighted by molar-refractivity contribution is 8.15. The fraction of sp³-hybridized carbons (Fsp3) is 0.158. The van der Waals surface area contributed by atoms with Crippen molar-refractivity contribution in [2.45, 2.75) is 18.6 Å². The van der Waals surface area contributed by atoms with Crippen LogP contribution in [0.4, 0.5) is 11.4 Å². The van der Waals surface area contributed by atoms with Crippen molar-refractivity contribution < 1.29 is 14.4 Å². The lowest BCUT2D eigenvalue weighted by Crippen LogP contribution is -2.28. The first-order chi connectivity index (χ1) is 12.9. The van der Waals surface area contributed by atoms with Crippen LogP contribution in [0, 0.1) is 0 Å². The Morgan fingerprint density at radius 3 is 2.67 bits per heavy atom. The van der Waals surface area contributed by atoms with Crippen molar-refractivity contribution in [3.05, 3.63) is 59.1 Å². The second-order valence-electron chi connectivity index (χ2n) is 5.88. The van der Waals surface area contributed by atoms with Crippen LogP contribution in [-0.2, 0) is 9.59 Å². The van der Waals surface area contributed by atoms with Gasteiger partial charge in [0, 0.05) is 22.7 Å². The van der Waals surface area contributed by atoms with E-state index >= 15 is 0 Å². The molecule has 1 unspecified atom stereocenters. The zero-order chi connectivity index (χ0) is 19.4. The van der Waals surface area contributed by atoms with E-state index in [0.29, 0.717) is 27.1 Å². The predicted molar refractivity (Wildman–Crippen MR) is 108 cm³/mol. The molecule has 8 heteroatoms. The molecule has 1 atom stereocenters. The van der Waals surface area contributed by atoms with E-state index < -0.39 is 5.25 Å². The number of aliphatic imine (C=N–C) groups is 1. The highest BCUT2D eigenvalue weighted by Gasteiger charge is 2.32. The Morgan fingerprint density at radius 1 is 1.22 bits per heavy atom. The van der Waals surface area contributed by atoms with Gasteiger partial charge in [-0.3, -0.25) is 14.4 Å². The normalized spacial score (nSPS) is 17.6. The first kappa shape index (κ1) is 19.1. The third kappa shape index (κ3) is 5.18. The molecule has 2 aromatic rings. The quantitative estimate of drug-likeness (QED) is 0.746. The van der Waals surface area contributed by atoms with Gasteiger partial charge >= 0.3 is 0 Å². The Morgan fingerprint density at radius 2 is 1.96 bits per heavy atom. The van der Waals surface area contributed by atoms with Crippen LogP contribution in [0.2, 0.25) is 5.02 Å². The number of amides is 2. The summed E-state index contributed by atoms with van der Waals surface area (Å²) in [7, 11) is 0. The average molecular weight is 402 g/mol. The maximum absolute atomic E-state index is 12.3. The van der Waals surface area contributed by atoms with Crippen molar-refractivity contribution in [3.8, 4) is 0 Å². The highest BCUT2D eigenvalue weighted by Crippen LogP contribution is 2.26. The van der Waals surface area contributed by atoms with Crippen molar-refractivity contribution in [3.63, 3.8) is 0 Å². The third-order valence-corrected chi connectivity index (χ3v) is 5.09. The van der Waals surface area contributed by atoms with Gasteiger partial charge in [-0.2, -0.15) is 0 Å². The number of Topliss-reactive ketones (excluding diaryl/α,β-unsaturated/α-hetero) is 1. The monoisotopic (exact) mass is 401 g/mol. The molecule has 2 amide bonds. The molecule has 138 valence electrons. The van der Waals surface area contributed by atoms with Crippen LogP contribution < -0.4 is 10.6 Å². The van der Waals surface area contributed by atoms with E-state index in [9.17, 15) is 14.4 Å². The Balaban J connectivity index is 1.61. The lowest BCUT2D eigenvalue weighted by molar-refractivity contribution is -0.122. The molecule has 1 saturated heterocycles. The highest BCUT2D eigenvalue weighted by atomic mass is 35.5. The Kier molecular flexibility index (Phi) is 5.93. The number of anilines is 1. The van der Waals surface area contributed by atoms with Gasteiger partial charge in [-0.1, -0.05) is 35.5 Å². The number of rotatable bonds is 5. The van der Waals surface area contributed by atoms with E-state index in [1.807, 2.05) is 0 Å². The van der Waals surface area contributed by atoms with E-state index in [1.54, 1.807) is 48.5 Å². The molecule has 1 aliphatic heterocycles. The van der Waals surface area contributed by atoms with E-state index in [0.717, 1.165) is 0 Å². The molecular formula is C19H16ClN3O3S. The van der Waals surface area contributed by atoms with Crippen LogP contribution in [-0.4, -0.2) is 28.0 Å². The van der Waals surface area contributed by atoms with Gasteiger partial charge in [0.1, 0.15) is 5.25 Å². The Bertz CT molecular complexity index is 928. The summed E-state index contributed by atoms with van der Waals surface area (Å²) in [5.74, 6) is -0.656. The first-order valence-electron chi connectivity index (χ1n) is 8.13.